The lowest BCUT2D eigenvalue weighted by Gasteiger charge is -2.19. The molecule has 3 rings (SSSR count). The highest BCUT2D eigenvalue weighted by atomic mass is 16.5. The number of nitrogens with zero attached hydrogens (tertiary/aromatic N) is 1. The summed E-state index contributed by atoms with van der Waals surface area (Å²) in [4.78, 5) is 50.2. The number of anilines is 1. The van der Waals surface area contributed by atoms with E-state index in [-0.39, 0.29) is 34.9 Å². The quantitative estimate of drug-likeness (QED) is 0.567. The fourth-order valence-electron chi connectivity index (χ4n) is 3.77. The number of fused-ring (bicyclic) bond motifs is 1. The molecule has 168 valence electrons. The van der Waals surface area contributed by atoms with Crippen LogP contribution in [0.5, 0.6) is 0 Å². The maximum absolute atomic E-state index is 13.1. The lowest BCUT2D eigenvalue weighted by Crippen LogP contribution is -2.32. The SMILES string of the molecule is CCOC(=O)c1c(C)oc(NC(=O)C(C)n2c(=O)cc(C)c3cccc(C)c32)c1C(N)=O. The Balaban J connectivity index is 2.06. The van der Waals surface area contributed by atoms with E-state index in [4.69, 9.17) is 14.9 Å². The van der Waals surface area contributed by atoms with E-state index in [1.54, 1.807) is 13.8 Å². The van der Waals surface area contributed by atoms with Gasteiger partial charge in [-0.1, -0.05) is 18.2 Å². The van der Waals surface area contributed by atoms with E-state index in [9.17, 15) is 19.2 Å². The summed E-state index contributed by atoms with van der Waals surface area (Å²) >= 11 is 0. The highest BCUT2D eigenvalue weighted by Gasteiger charge is 2.30. The van der Waals surface area contributed by atoms with Crippen LogP contribution < -0.4 is 16.6 Å². The summed E-state index contributed by atoms with van der Waals surface area (Å²) in [5.41, 5.74) is 6.95. The van der Waals surface area contributed by atoms with Crippen LogP contribution in [0.1, 0.15) is 57.5 Å². The van der Waals surface area contributed by atoms with Crippen LogP contribution in [-0.2, 0) is 9.53 Å². The summed E-state index contributed by atoms with van der Waals surface area (Å²) in [6.07, 6.45) is 0. The van der Waals surface area contributed by atoms with Gasteiger partial charge >= 0.3 is 5.97 Å². The van der Waals surface area contributed by atoms with Crippen molar-refractivity contribution in [3.8, 4) is 0 Å². The number of amides is 2. The number of carbonyl (C=O) groups excluding carboxylic acids is 3. The second-order valence-corrected chi connectivity index (χ2v) is 7.49. The van der Waals surface area contributed by atoms with Gasteiger partial charge in [0.2, 0.25) is 11.8 Å². The first kappa shape index (κ1) is 22.8. The topological polar surface area (TPSA) is 134 Å². The van der Waals surface area contributed by atoms with Crippen LogP contribution in [0.25, 0.3) is 10.9 Å². The van der Waals surface area contributed by atoms with E-state index >= 15 is 0 Å². The number of rotatable bonds is 6. The van der Waals surface area contributed by atoms with Crippen molar-refractivity contribution in [2.45, 2.75) is 40.7 Å². The summed E-state index contributed by atoms with van der Waals surface area (Å²) in [6.45, 7) is 8.41. The Kier molecular flexibility index (Phi) is 6.20. The molecule has 0 radical (unpaired) electrons. The summed E-state index contributed by atoms with van der Waals surface area (Å²) < 4.78 is 11.8. The molecular formula is C23H25N3O6. The Labute approximate surface area is 184 Å². The van der Waals surface area contributed by atoms with Crippen LogP contribution >= 0.6 is 0 Å². The van der Waals surface area contributed by atoms with Crippen molar-refractivity contribution in [2.75, 3.05) is 11.9 Å². The van der Waals surface area contributed by atoms with Crippen molar-refractivity contribution >= 4 is 34.6 Å². The van der Waals surface area contributed by atoms with Crippen molar-refractivity contribution < 1.29 is 23.5 Å². The third kappa shape index (κ3) is 3.89. The smallest absolute Gasteiger partial charge is 0.342 e. The fourth-order valence-corrected chi connectivity index (χ4v) is 3.77. The van der Waals surface area contributed by atoms with Crippen LogP contribution in [0.4, 0.5) is 5.88 Å². The summed E-state index contributed by atoms with van der Waals surface area (Å²) in [5, 5.41) is 3.35. The minimum atomic E-state index is -0.957. The second-order valence-electron chi connectivity index (χ2n) is 7.49. The maximum Gasteiger partial charge on any atom is 0.342 e. The second kappa shape index (κ2) is 8.70. The third-order valence-corrected chi connectivity index (χ3v) is 5.29. The zero-order chi connectivity index (χ0) is 23.7. The minimum absolute atomic E-state index is 0.0778. The Morgan fingerprint density at radius 2 is 1.84 bits per heavy atom. The fraction of sp³-hybridized carbons (Fsp3) is 0.304. The number of hydrogen-bond donors (Lipinski definition) is 2. The Hall–Kier alpha value is -3.88. The first-order valence-corrected chi connectivity index (χ1v) is 10.1. The molecule has 2 amide bonds. The molecule has 0 fully saturated rings. The maximum atomic E-state index is 13.1. The molecule has 9 nitrogen and oxygen atoms in total. The first-order valence-electron chi connectivity index (χ1n) is 10.1. The average molecular weight is 439 g/mol. The van der Waals surface area contributed by atoms with Gasteiger partial charge in [0.1, 0.15) is 22.9 Å². The highest BCUT2D eigenvalue weighted by Crippen LogP contribution is 2.29. The van der Waals surface area contributed by atoms with Crippen LogP contribution in [0, 0.1) is 20.8 Å². The first-order chi connectivity index (χ1) is 15.1. The summed E-state index contributed by atoms with van der Waals surface area (Å²) in [6, 6.07) is 6.13. The number of furan rings is 1. The zero-order valence-electron chi connectivity index (χ0n) is 18.6. The molecule has 0 bridgehead atoms. The van der Waals surface area contributed by atoms with Gasteiger partial charge in [-0.05, 0) is 45.7 Å². The lowest BCUT2D eigenvalue weighted by molar-refractivity contribution is -0.118. The van der Waals surface area contributed by atoms with Gasteiger partial charge in [0.15, 0.2) is 0 Å². The number of para-hydroxylation sites is 1. The Morgan fingerprint density at radius 3 is 2.47 bits per heavy atom. The molecule has 1 unspecified atom stereocenters. The van der Waals surface area contributed by atoms with Gasteiger partial charge in [-0.3, -0.25) is 24.3 Å². The van der Waals surface area contributed by atoms with Crippen molar-refractivity contribution in [3.05, 3.63) is 62.6 Å². The zero-order valence-corrected chi connectivity index (χ0v) is 18.6. The number of aryl methyl sites for hydroxylation is 3. The predicted molar refractivity (Wildman–Crippen MR) is 119 cm³/mol. The van der Waals surface area contributed by atoms with Crippen LogP contribution in [0.15, 0.2) is 33.5 Å². The van der Waals surface area contributed by atoms with Crippen LogP contribution in [0.3, 0.4) is 0 Å². The van der Waals surface area contributed by atoms with Crippen LogP contribution in [0.2, 0.25) is 0 Å². The van der Waals surface area contributed by atoms with Gasteiger partial charge in [0.25, 0.3) is 11.5 Å². The standard InChI is InChI=1S/C23H25N3O6/c1-6-31-23(30)17-14(5)32-22(18(17)20(24)28)25-21(29)13(4)26-16(27)10-12(3)15-9-7-8-11(2)19(15)26/h7-10,13H,6H2,1-5H3,(H2,24,28)(H,25,29). The van der Waals surface area contributed by atoms with Crippen molar-refractivity contribution in [2.24, 2.45) is 5.73 Å². The van der Waals surface area contributed by atoms with Gasteiger partial charge in [0, 0.05) is 11.5 Å². The van der Waals surface area contributed by atoms with Gasteiger partial charge in [0.05, 0.1) is 12.1 Å². The van der Waals surface area contributed by atoms with E-state index in [0.29, 0.717) is 5.52 Å². The molecule has 3 N–H and O–H groups in total. The Morgan fingerprint density at radius 1 is 1.16 bits per heavy atom. The molecule has 1 atom stereocenters. The molecule has 9 heteroatoms. The van der Waals surface area contributed by atoms with Gasteiger partial charge in [-0.15, -0.1) is 0 Å². The number of hydrogen-bond acceptors (Lipinski definition) is 6. The van der Waals surface area contributed by atoms with E-state index < -0.39 is 23.8 Å². The normalized spacial score (nSPS) is 11.9. The van der Waals surface area contributed by atoms with E-state index in [1.165, 1.54) is 17.6 Å². The number of nitrogens with one attached hydrogen (secondary N) is 1. The van der Waals surface area contributed by atoms with E-state index in [2.05, 4.69) is 5.32 Å². The number of nitrogens with two attached hydrogens (primary N) is 1. The molecular weight excluding hydrogens is 414 g/mol. The molecule has 2 aromatic heterocycles. The molecule has 2 heterocycles. The third-order valence-electron chi connectivity index (χ3n) is 5.29. The van der Waals surface area contributed by atoms with Crippen molar-refractivity contribution in [1.29, 1.82) is 0 Å². The molecule has 3 aromatic rings. The molecule has 0 saturated carbocycles. The van der Waals surface area contributed by atoms with Gasteiger partial charge < -0.3 is 14.9 Å². The van der Waals surface area contributed by atoms with E-state index in [0.717, 1.165) is 16.5 Å². The molecule has 0 aliphatic rings. The van der Waals surface area contributed by atoms with Crippen molar-refractivity contribution in [1.82, 2.24) is 4.57 Å². The number of aromatic nitrogens is 1. The number of ether oxygens (including phenoxy) is 1. The molecule has 0 aliphatic carbocycles. The van der Waals surface area contributed by atoms with Gasteiger partial charge in [-0.2, -0.15) is 0 Å². The Bertz CT molecular complexity index is 1300. The van der Waals surface area contributed by atoms with Crippen LogP contribution in [-0.4, -0.2) is 29.0 Å². The minimum Gasteiger partial charge on any atom is -0.462 e. The molecule has 0 aliphatic heterocycles. The monoisotopic (exact) mass is 439 g/mol. The number of pyridine rings is 1. The van der Waals surface area contributed by atoms with Gasteiger partial charge in [-0.25, -0.2) is 4.79 Å². The highest BCUT2D eigenvalue weighted by molar-refractivity contribution is 6.10. The molecule has 0 spiro atoms. The summed E-state index contributed by atoms with van der Waals surface area (Å²) in [7, 11) is 0. The number of primary amides is 1. The lowest BCUT2D eigenvalue weighted by atomic mass is 10.1. The molecule has 0 saturated heterocycles. The van der Waals surface area contributed by atoms with Crippen molar-refractivity contribution in [3.63, 3.8) is 0 Å². The number of carbonyl (C=O) groups is 3. The predicted octanol–water partition coefficient (Wildman–Crippen LogP) is 3.00. The molecule has 32 heavy (non-hydrogen) atoms. The van der Waals surface area contributed by atoms with E-state index in [1.807, 2.05) is 32.0 Å². The summed E-state index contributed by atoms with van der Waals surface area (Å²) in [5.74, 6) is -2.55. The average Bonchev–Trinajstić information content (AvgIpc) is 3.04. The number of esters is 1. The largest absolute Gasteiger partial charge is 0.462 e. The molecule has 1 aromatic carbocycles. The number of benzene rings is 1.